The molecule has 0 fully saturated rings. The molecule has 2 aromatic carbocycles. The Morgan fingerprint density at radius 3 is 1.59 bits per heavy atom. The number of hydrogen-bond donors (Lipinski definition) is 3. The standard InChI is InChI=1S/C10H13N3O2.C10H11NO3.2H3N.H2O/c1-7(2)10(12-11)8-4-3-5-9(6-8)13(14)15;1-7(2)10(12)8-4-3-5-9(6-8)11(13)14;;;/h3-7H,11H2,1-2H3;3-7H,1-2H3;2*1H3;1H2. The highest BCUT2D eigenvalue weighted by Gasteiger charge is 2.14. The minimum absolute atomic E-state index is 0. The number of carbonyl (C=O) groups excluding carboxylic acids is 1. The molecule has 10 N–H and O–H groups in total. The van der Waals surface area contributed by atoms with Gasteiger partial charge in [-0.25, -0.2) is 0 Å². The van der Waals surface area contributed by atoms with Crippen molar-refractivity contribution < 1.29 is 20.1 Å². The van der Waals surface area contributed by atoms with Crippen LogP contribution in [0.15, 0.2) is 53.6 Å². The maximum atomic E-state index is 11.5. The molecule has 2 rings (SSSR count). The van der Waals surface area contributed by atoms with E-state index < -0.39 is 9.85 Å². The average molecular weight is 453 g/mol. The number of hydrogen-bond acceptors (Lipinski definition) is 9. The quantitative estimate of drug-likeness (QED) is 0.190. The lowest BCUT2D eigenvalue weighted by molar-refractivity contribution is -0.385. The van der Waals surface area contributed by atoms with Crippen LogP contribution >= 0.6 is 0 Å². The normalized spacial score (nSPS) is 10.0. The van der Waals surface area contributed by atoms with Gasteiger partial charge in [0.25, 0.3) is 11.4 Å². The number of nitrogens with two attached hydrogens (primary N) is 1. The smallest absolute Gasteiger partial charge is 0.270 e. The van der Waals surface area contributed by atoms with E-state index in [0.717, 1.165) is 0 Å². The molecule has 0 spiro atoms. The van der Waals surface area contributed by atoms with Gasteiger partial charge in [-0.2, -0.15) is 5.10 Å². The third-order valence-electron chi connectivity index (χ3n) is 3.90. The van der Waals surface area contributed by atoms with Crippen molar-refractivity contribution >= 4 is 22.9 Å². The minimum Gasteiger partial charge on any atom is -0.412 e. The Hall–Kier alpha value is -3.74. The number of hydrazone groups is 1. The summed E-state index contributed by atoms with van der Waals surface area (Å²) in [7, 11) is 0. The van der Waals surface area contributed by atoms with Crippen LogP contribution in [0.3, 0.4) is 0 Å². The van der Waals surface area contributed by atoms with E-state index in [1.165, 1.54) is 30.3 Å². The molecule has 0 amide bonds. The number of nitro benzene ring substituents is 2. The molecular formula is C20H32N6O6. The average Bonchev–Trinajstić information content (AvgIpc) is 2.68. The van der Waals surface area contributed by atoms with E-state index in [0.29, 0.717) is 16.8 Å². The molecule has 0 saturated heterocycles. The molecule has 32 heavy (non-hydrogen) atoms. The number of nitrogens with zero attached hydrogens (tertiary/aromatic N) is 3. The SMILES string of the molecule is CC(C)C(=NN)c1cccc([N+](=O)[O-])c1.CC(C)C(=O)c1cccc([N+](=O)[O-])c1.N.N.O. The molecular weight excluding hydrogens is 420 g/mol. The summed E-state index contributed by atoms with van der Waals surface area (Å²) in [6, 6.07) is 12.1. The van der Waals surface area contributed by atoms with Crippen molar-refractivity contribution in [3.63, 3.8) is 0 Å². The lowest BCUT2D eigenvalue weighted by atomic mass is 10.00. The molecule has 0 radical (unpaired) electrons. The molecule has 12 heteroatoms. The Labute approximate surface area is 186 Å². The van der Waals surface area contributed by atoms with Crippen molar-refractivity contribution in [2.24, 2.45) is 22.8 Å². The first-order chi connectivity index (χ1) is 13.6. The molecule has 0 aliphatic heterocycles. The fourth-order valence-electron chi connectivity index (χ4n) is 2.44. The van der Waals surface area contributed by atoms with Crippen molar-refractivity contribution in [1.29, 1.82) is 0 Å². The van der Waals surface area contributed by atoms with Gasteiger partial charge < -0.3 is 23.6 Å². The van der Waals surface area contributed by atoms with Crippen LogP contribution in [-0.4, -0.2) is 26.8 Å². The monoisotopic (exact) mass is 452 g/mol. The first-order valence-electron chi connectivity index (χ1n) is 8.89. The molecule has 0 aliphatic rings. The molecule has 12 nitrogen and oxygen atoms in total. The van der Waals surface area contributed by atoms with E-state index in [2.05, 4.69) is 5.10 Å². The number of ketones is 1. The van der Waals surface area contributed by atoms with Crippen LogP contribution in [0.4, 0.5) is 11.4 Å². The Balaban J connectivity index is -0.000000481. The van der Waals surface area contributed by atoms with Crippen LogP contribution < -0.4 is 18.1 Å². The predicted molar refractivity (Wildman–Crippen MR) is 125 cm³/mol. The van der Waals surface area contributed by atoms with Crippen molar-refractivity contribution in [2.45, 2.75) is 27.7 Å². The molecule has 178 valence electrons. The Kier molecular flexibility index (Phi) is 15.6. The van der Waals surface area contributed by atoms with Gasteiger partial charge in [0.05, 0.1) is 15.6 Å². The maximum Gasteiger partial charge on any atom is 0.270 e. The van der Waals surface area contributed by atoms with Crippen LogP contribution in [0.2, 0.25) is 0 Å². The molecule has 0 saturated carbocycles. The van der Waals surface area contributed by atoms with Gasteiger partial charge in [-0.05, 0) is 5.92 Å². The predicted octanol–water partition coefficient (Wildman–Crippen LogP) is 3.85. The van der Waals surface area contributed by atoms with E-state index >= 15 is 0 Å². The molecule has 2 aromatic rings. The van der Waals surface area contributed by atoms with E-state index in [9.17, 15) is 25.0 Å². The van der Waals surface area contributed by atoms with Crippen LogP contribution in [0.25, 0.3) is 0 Å². The number of rotatable bonds is 6. The van der Waals surface area contributed by atoms with E-state index in [1.54, 1.807) is 32.0 Å². The van der Waals surface area contributed by atoms with Crippen LogP contribution in [-0.2, 0) is 0 Å². The topological polar surface area (TPSA) is 243 Å². The van der Waals surface area contributed by atoms with Gasteiger partial charge in [0.1, 0.15) is 0 Å². The zero-order valence-electron chi connectivity index (χ0n) is 18.6. The maximum absolute atomic E-state index is 11.5. The van der Waals surface area contributed by atoms with Gasteiger partial charge in [0, 0.05) is 41.3 Å². The number of Topliss-reactive ketones (excluding diaryl/α,β-unsaturated/α-hetero) is 1. The van der Waals surface area contributed by atoms with Crippen molar-refractivity contribution in [3.05, 3.63) is 79.9 Å². The molecule has 0 atom stereocenters. The highest BCUT2D eigenvalue weighted by atomic mass is 16.6. The van der Waals surface area contributed by atoms with Crippen molar-refractivity contribution in [2.75, 3.05) is 0 Å². The van der Waals surface area contributed by atoms with Crippen LogP contribution in [0.5, 0.6) is 0 Å². The summed E-state index contributed by atoms with van der Waals surface area (Å²) in [5, 5.41) is 24.7. The van der Waals surface area contributed by atoms with Gasteiger partial charge in [-0.15, -0.1) is 0 Å². The second-order valence-electron chi connectivity index (χ2n) is 6.80. The molecule has 0 unspecified atom stereocenters. The van der Waals surface area contributed by atoms with Gasteiger partial charge in [-0.1, -0.05) is 52.0 Å². The number of nitro groups is 2. The summed E-state index contributed by atoms with van der Waals surface area (Å²) in [6.45, 7) is 7.40. The number of benzene rings is 2. The third kappa shape index (κ3) is 9.38. The third-order valence-corrected chi connectivity index (χ3v) is 3.90. The Morgan fingerprint density at radius 2 is 1.25 bits per heavy atom. The summed E-state index contributed by atoms with van der Waals surface area (Å²) < 4.78 is 0. The van der Waals surface area contributed by atoms with E-state index in [-0.39, 0.29) is 46.8 Å². The minimum atomic E-state index is -0.503. The lowest BCUT2D eigenvalue weighted by Gasteiger charge is -2.08. The Bertz CT molecular complexity index is 930. The van der Waals surface area contributed by atoms with Gasteiger partial charge in [-0.3, -0.25) is 25.0 Å². The summed E-state index contributed by atoms with van der Waals surface area (Å²) in [4.78, 5) is 31.6. The fraction of sp³-hybridized carbons (Fsp3) is 0.300. The highest BCUT2D eigenvalue weighted by molar-refractivity contribution is 6.02. The van der Waals surface area contributed by atoms with Crippen LogP contribution in [0.1, 0.15) is 43.6 Å². The molecule has 0 aromatic heterocycles. The molecule has 0 heterocycles. The molecule has 0 aliphatic carbocycles. The second-order valence-corrected chi connectivity index (χ2v) is 6.80. The first-order valence-corrected chi connectivity index (χ1v) is 8.89. The van der Waals surface area contributed by atoms with E-state index in [1.807, 2.05) is 13.8 Å². The highest BCUT2D eigenvalue weighted by Crippen LogP contribution is 2.17. The summed E-state index contributed by atoms with van der Waals surface area (Å²) in [5.41, 5.74) is 1.76. The zero-order valence-corrected chi connectivity index (χ0v) is 18.6. The number of non-ortho nitro benzene ring substituents is 2. The van der Waals surface area contributed by atoms with Crippen molar-refractivity contribution in [1.82, 2.24) is 12.3 Å². The van der Waals surface area contributed by atoms with Crippen molar-refractivity contribution in [3.8, 4) is 0 Å². The van der Waals surface area contributed by atoms with Gasteiger partial charge in [0.2, 0.25) is 0 Å². The number of carbonyl (C=O) groups is 1. The lowest BCUT2D eigenvalue weighted by Crippen LogP contribution is -2.12. The molecule has 0 bridgehead atoms. The van der Waals surface area contributed by atoms with Gasteiger partial charge in [0.15, 0.2) is 5.78 Å². The largest absolute Gasteiger partial charge is 0.412 e. The summed E-state index contributed by atoms with van der Waals surface area (Å²) in [5.74, 6) is 5.17. The first kappa shape index (κ1) is 32.9. The Morgan fingerprint density at radius 1 is 0.844 bits per heavy atom. The second kappa shape index (κ2) is 15.1. The fourth-order valence-corrected chi connectivity index (χ4v) is 2.44. The summed E-state index contributed by atoms with van der Waals surface area (Å²) in [6.07, 6.45) is 0. The summed E-state index contributed by atoms with van der Waals surface area (Å²) >= 11 is 0. The zero-order chi connectivity index (χ0) is 22.1. The van der Waals surface area contributed by atoms with Gasteiger partial charge >= 0.3 is 0 Å². The van der Waals surface area contributed by atoms with E-state index in [4.69, 9.17) is 5.84 Å². The van der Waals surface area contributed by atoms with Crippen LogP contribution in [0, 0.1) is 32.1 Å².